The second kappa shape index (κ2) is 7.93. The highest BCUT2D eigenvalue weighted by atomic mass is 16.5. The molecule has 1 saturated heterocycles. The van der Waals surface area contributed by atoms with Gasteiger partial charge in [-0.2, -0.15) is 0 Å². The fraction of sp³-hybridized carbons (Fsp3) is 0.478. The highest BCUT2D eigenvalue weighted by Crippen LogP contribution is 2.34. The van der Waals surface area contributed by atoms with Crippen molar-refractivity contribution in [3.8, 4) is 0 Å². The van der Waals surface area contributed by atoms with Gasteiger partial charge in [-0.15, -0.1) is 0 Å². The Bertz CT molecular complexity index is 930. The predicted molar refractivity (Wildman–Crippen MR) is 105 cm³/mol. The van der Waals surface area contributed by atoms with Crippen LogP contribution in [0.1, 0.15) is 49.1 Å². The van der Waals surface area contributed by atoms with Crippen LogP contribution in [-0.4, -0.2) is 51.4 Å². The lowest BCUT2D eigenvalue weighted by Crippen LogP contribution is -2.55. The molecule has 5 atom stereocenters. The van der Waals surface area contributed by atoms with Crippen LogP contribution in [0.15, 0.2) is 36.4 Å². The number of aliphatic hydroxyl groups is 4. The Morgan fingerprint density at radius 2 is 1.75 bits per heavy atom. The normalized spacial score (nSPS) is 30.8. The maximum absolute atomic E-state index is 10.5. The van der Waals surface area contributed by atoms with Gasteiger partial charge in [-0.05, 0) is 59.0 Å². The summed E-state index contributed by atoms with van der Waals surface area (Å²) >= 11 is 0. The molecule has 1 fully saturated rings. The van der Waals surface area contributed by atoms with Crippen LogP contribution in [0.5, 0.6) is 0 Å². The molecule has 0 spiro atoms. The second-order valence-corrected chi connectivity index (χ2v) is 7.63. The number of benzene rings is 2. The number of aryl methyl sites for hydroxylation is 3. The van der Waals surface area contributed by atoms with Gasteiger partial charge in [0.15, 0.2) is 0 Å². The van der Waals surface area contributed by atoms with Crippen molar-refractivity contribution >= 4 is 0 Å². The van der Waals surface area contributed by atoms with E-state index in [0.29, 0.717) is 23.1 Å². The summed E-state index contributed by atoms with van der Waals surface area (Å²) in [5.41, 5.74) is 4.85. The minimum Gasteiger partial charge on any atom is -0.394 e. The molecule has 1 heterocycles. The van der Waals surface area contributed by atoms with E-state index in [0.717, 1.165) is 18.4 Å². The number of hydrogen-bond donors (Lipinski definition) is 4. The lowest BCUT2D eigenvalue weighted by Gasteiger charge is -2.40. The van der Waals surface area contributed by atoms with E-state index in [1.54, 1.807) is 12.1 Å². The third-order valence-electron chi connectivity index (χ3n) is 5.88. The predicted octanol–water partition coefficient (Wildman–Crippen LogP) is 1.45. The first-order valence-electron chi connectivity index (χ1n) is 10.8. The van der Waals surface area contributed by atoms with Gasteiger partial charge in [-0.3, -0.25) is 0 Å². The molecular weight excluding hydrogens is 356 g/mol. The minimum atomic E-state index is -1.75. The zero-order valence-corrected chi connectivity index (χ0v) is 15.9. The van der Waals surface area contributed by atoms with Gasteiger partial charge < -0.3 is 25.2 Å². The summed E-state index contributed by atoms with van der Waals surface area (Å²) in [7, 11) is 0. The van der Waals surface area contributed by atoms with Gasteiger partial charge in [0.25, 0.3) is 0 Å². The molecule has 28 heavy (non-hydrogen) atoms. The molecule has 0 saturated carbocycles. The van der Waals surface area contributed by atoms with Crippen molar-refractivity contribution < 1.29 is 27.9 Å². The van der Waals surface area contributed by atoms with E-state index in [-0.39, 0.29) is 0 Å². The number of aliphatic hydroxyl groups excluding tert-OH is 4. The van der Waals surface area contributed by atoms with Crippen molar-refractivity contribution in [2.75, 3.05) is 6.61 Å². The summed E-state index contributed by atoms with van der Waals surface area (Å²) in [5.74, 6) is 0. The molecule has 0 amide bonds. The van der Waals surface area contributed by atoms with Crippen molar-refractivity contribution in [1.29, 1.82) is 0 Å². The number of rotatable bonds is 5. The molecular formula is C23H28O5. The van der Waals surface area contributed by atoms with Gasteiger partial charge >= 0.3 is 0 Å². The Hall–Kier alpha value is -1.76. The standard InChI is InChI=1S/C23H28O5/c1-2-14-5-8-17(23-22(27)21(26)20(25)19(12-24)28-23)11-18(14)10-13-3-4-15-6-7-16(15)9-13/h3-5,8-9,11,19-27H,2,6-7,10,12H2,1H3/t19-,20-,21+,22-,23+/m1/s1/i10D2. The third-order valence-corrected chi connectivity index (χ3v) is 5.88. The van der Waals surface area contributed by atoms with Crippen molar-refractivity contribution in [2.24, 2.45) is 0 Å². The Kier molecular flexibility index (Phi) is 4.85. The molecule has 2 aromatic rings. The minimum absolute atomic E-state index is 0.485. The maximum Gasteiger partial charge on any atom is 0.113 e. The molecule has 1 aliphatic heterocycles. The molecule has 0 bridgehead atoms. The lowest BCUT2D eigenvalue weighted by molar-refractivity contribution is -0.231. The fourth-order valence-electron chi connectivity index (χ4n) is 4.00. The number of fused-ring (bicyclic) bond motifs is 1. The summed E-state index contributed by atoms with van der Waals surface area (Å²) in [6.45, 7) is 1.46. The summed E-state index contributed by atoms with van der Waals surface area (Å²) in [4.78, 5) is 0. The van der Waals surface area contributed by atoms with E-state index in [1.165, 1.54) is 11.1 Å². The molecule has 150 valence electrons. The van der Waals surface area contributed by atoms with Crippen molar-refractivity contribution in [1.82, 2.24) is 0 Å². The van der Waals surface area contributed by atoms with E-state index in [4.69, 9.17) is 7.48 Å². The Balaban J connectivity index is 1.74. The first-order valence-corrected chi connectivity index (χ1v) is 9.84. The van der Waals surface area contributed by atoms with E-state index in [9.17, 15) is 20.4 Å². The SMILES string of the molecule is [2H]C([2H])(c1ccc2c(c1)CC2)c1cc([C@@H]2O[C@H](CO)[C@@H](O)[C@H](O)[C@H]2O)ccc1CC. The summed E-state index contributed by atoms with van der Waals surface area (Å²) < 4.78 is 23.4. The second-order valence-electron chi connectivity index (χ2n) is 7.63. The monoisotopic (exact) mass is 386 g/mol. The summed E-state index contributed by atoms with van der Waals surface area (Å²) in [6, 6.07) is 11.0. The molecule has 4 rings (SSSR count). The van der Waals surface area contributed by atoms with E-state index in [1.807, 2.05) is 31.2 Å². The average Bonchev–Trinajstić information content (AvgIpc) is 2.72. The fourth-order valence-corrected chi connectivity index (χ4v) is 4.00. The molecule has 5 nitrogen and oxygen atoms in total. The van der Waals surface area contributed by atoms with Crippen molar-refractivity contribution in [3.63, 3.8) is 0 Å². The first-order chi connectivity index (χ1) is 14.3. The highest BCUT2D eigenvalue weighted by Gasteiger charge is 2.44. The zero-order valence-electron chi connectivity index (χ0n) is 17.9. The number of hydrogen-bond acceptors (Lipinski definition) is 5. The Morgan fingerprint density at radius 3 is 2.39 bits per heavy atom. The van der Waals surface area contributed by atoms with Gasteiger partial charge in [0.1, 0.15) is 30.5 Å². The molecule has 0 aromatic heterocycles. The Morgan fingerprint density at radius 1 is 0.964 bits per heavy atom. The quantitative estimate of drug-likeness (QED) is 0.625. The largest absolute Gasteiger partial charge is 0.394 e. The van der Waals surface area contributed by atoms with Crippen LogP contribution < -0.4 is 0 Å². The lowest BCUT2D eigenvalue weighted by atomic mass is 9.85. The van der Waals surface area contributed by atoms with Crippen molar-refractivity contribution in [3.05, 3.63) is 69.8 Å². The van der Waals surface area contributed by atoms with Crippen molar-refractivity contribution in [2.45, 2.75) is 63.1 Å². The summed E-state index contributed by atoms with van der Waals surface area (Å²) in [5, 5.41) is 40.1. The van der Waals surface area contributed by atoms with Crippen LogP contribution in [0.4, 0.5) is 0 Å². The zero-order chi connectivity index (χ0) is 21.6. The highest BCUT2D eigenvalue weighted by molar-refractivity contribution is 5.42. The van der Waals surface area contributed by atoms with Gasteiger partial charge in [0.2, 0.25) is 0 Å². The molecule has 5 heteroatoms. The van der Waals surface area contributed by atoms with Crippen LogP contribution in [0, 0.1) is 0 Å². The van der Waals surface area contributed by atoms with E-state index in [2.05, 4.69) is 0 Å². The van der Waals surface area contributed by atoms with Crippen LogP contribution in [0.25, 0.3) is 0 Å². The van der Waals surface area contributed by atoms with Crippen LogP contribution in [0.3, 0.4) is 0 Å². The molecule has 0 radical (unpaired) electrons. The van der Waals surface area contributed by atoms with Gasteiger partial charge in [-0.25, -0.2) is 0 Å². The average molecular weight is 386 g/mol. The van der Waals surface area contributed by atoms with Crippen LogP contribution in [0.2, 0.25) is 0 Å². The molecule has 2 aromatic carbocycles. The van der Waals surface area contributed by atoms with E-state index < -0.39 is 43.5 Å². The third kappa shape index (κ3) is 3.49. The van der Waals surface area contributed by atoms with Crippen LogP contribution >= 0.6 is 0 Å². The van der Waals surface area contributed by atoms with Crippen LogP contribution in [-0.2, 0) is 30.4 Å². The molecule has 1 aliphatic carbocycles. The van der Waals surface area contributed by atoms with E-state index >= 15 is 0 Å². The molecule has 2 aliphatic rings. The van der Waals surface area contributed by atoms with Gasteiger partial charge in [0, 0.05) is 2.74 Å². The first kappa shape index (κ1) is 17.1. The Labute approximate surface area is 168 Å². The molecule has 4 N–H and O–H groups in total. The molecule has 0 unspecified atom stereocenters. The summed E-state index contributed by atoms with van der Waals surface area (Å²) in [6.07, 6.45) is -5.41. The number of ether oxygens (including phenoxy) is 1. The maximum atomic E-state index is 10.5. The van der Waals surface area contributed by atoms with Gasteiger partial charge in [0.05, 0.1) is 6.61 Å². The van der Waals surface area contributed by atoms with Gasteiger partial charge in [-0.1, -0.05) is 43.3 Å². The topological polar surface area (TPSA) is 90.2 Å². The smallest absolute Gasteiger partial charge is 0.113 e.